The van der Waals surface area contributed by atoms with Gasteiger partial charge in [-0.25, -0.2) is 8.70 Å². The van der Waals surface area contributed by atoms with Gasteiger partial charge in [0.2, 0.25) is 0 Å². The quantitative estimate of drug-likeness (QED) is 0.549. The summed E-state index contributed by atoms with van der Waals surface area (Å²) in [6.07, 6.45) is 3.29. The van der Waals surface area contributed by atoms with Gasteiger partial charge in [0.05, 0.1) is 17.5 Å². The Morgan fingerprint density at radius 2 is 1.68 bits per heavy atom. The summed E-state index contributed by atoms with van der Waals surface area (Å²) in [6, 6.07) is 13.6. The van der Waals surface area contributed by atoms with E-state index in [1.54, 1.807) is 36.4 Å². The second-order valence-electron chi connectivity index (χ2n) is 7.31. The Balaban J connectivity index is 1.53. The molecule has 2 aromatic carbocycles. The summed E-state index contributed by atoms with van der Waals surface area (Å²) in [5, 5.41) is 13.6. The normalized spacial score (nSPS) is 20.6. The standard InChI is InChI=1S/C20H26FN3O3S/c21-17-8-1-2-9-18(17)24-20-11-4-3-10-19(20)23(28(24,26)27)13-12-16(25)14-22-15-6-5-7-15/h1-4,8-11,15-16,22,25-27H,5-7,12-14H2/t16-/m0/s1. The first-order valence-electron chi connectivity index (χ1n) is 9.59. The average Bonchev–Trinajstić information content (AvgIpc) is 2.85. The number of anilines is 3. The highest BCUT2D eigenvalue weighted by Crippen LogP contribution is 2.64. The van der Waals surface area contributed by atoms with E-state index >= 15 is 0 Å². The van der Waals surface area contributed by atoms with E-state index < -0.39 is 22.9 Å². The maximum Gasteiger partial charge on any atom is 0.148 e. The van der Waals surface area contributed by atoms with Crippen molar-refractivity contribution in [2.24, 2.45) is 0 Å². The fourth-order valence-corrected chi connectivity index (χ4v) is 5.41. The molecule has 1 aliphatic carbocycles. The van der Waals surface area contributed by atoms with E-state index in [1.807, 2.05) is 0 Å². The summed E-state index contributed by atoms with van der Waals surface area (Å²) in [4.78, 5) is 0. The summed E-state index contributed by atoms with van der Waals surface area (Å²) in [6.45, 7) is 0.730. The first-order valence-corrected chi connectivity index (χ1v) is 11.1. The highest BCUT2D eigenvalue weighted by molar-refractivity contribution is 8.27. The number of nitrogens with zero attached hydrogens (tertiary/aromatic N) is 2. The third-order valence-electron chi connectivity index (χ3n) is 5.39. The van der Waals surface area contributed by atoms with Crippen LogP contribution in [0.5, 0.6) is 0 Å². The molecule has 0 saturated heterocycles. The molecule has 0 spiro atoms. The lowest BCUT2D eigenvalue weighted by Gasteiger charge is -2.44. The van der Waals surface area contributed by atoms with Crippen LogP contribution in [0, 0.1) is 5.82 Å². The van der Waals surface area contributed by atoms with Crippen LogP contribution in [0.2, 0.25) is 0 Å². The number of rotatable bonds is 7. The molecule has 0 amide bonds. The van der Waals surface area contributed by atoms with Gasteiger partial charge in [0.1, 0.15) is 11.5 Å². The van der Waals surface area contributed by atoms with Crippen molar-refractivity contribution in [2.75, 3.05) is 21.7 Å². The van der Waals surface area contributed by atoms with E-state index in [4.69, 9.17) is 0 Å². The predicted octanol–water partition coefficient (Wildman–Crippen LogP) is 4.26. The van der Waals surface area contributed by atoms with Gasteiger partial charge in [-0.15, -0.1) is 0 Å². The first kappa shape index (κ1) is 19.5. The van der Waals surface area contributed by atoms with Crippen molar-refractivity contribution in [1.29, 1.82) is 0 Å². The van der Waals surface area contributed by atoms with Crippen molar-refractivity contribution in [1.82, 2.24) is 5.32 Å². The molecule has 0 radical (unpaired) electrons. The highest BCUT2D eigenvalue weighted by atomic mass is 32.3. The van der Waals surface area contributed by atoms with Crippen molar-refractivity contribution in [2.45, 2.75) is 37.8 Å². The van der Waals surface area contributed by atoms with Crippen LogP contribution in [0.3, 0.4) is 0 Å². The smallest absolute Gasteiger partial charge is 0.148 e. The molecule has 1 fully saturated rings. The largest absolute Gasteiger partial charge is 0.392 e. The highest BCUT2D eigenvalue weighted by Gasteiger charge is 2.42. The zero-order valence-corrected chi connectivity index (χ0v) is 16.4. The number of nitrogens with one attached hydrogen (secondary N) is 1. The van der Waals surface area contributed by atoms with E-state index in [0.717, 1.165) is 12.8 Å². The third-order valence-corrected chi connectivity index (χ3v) is 7.25. The van der Waals surface area contributed by atoms with Gasteiger partial charge in [0.15, 0.2) is 0 Å². The van der Waals surface area contributed by atoms with Crippen LogP contribution in [0.15, 0.2) is 48.5 Å². The van der Waals surface area contributed by atoms with Crippen molar-refractivity contribution in [3.63, 3.8) is 0 Å². The molecule has 0 aromatic heterocycles. The first-order chi connectivity index (χ1) is 13.5. The van der Waals surface area contributed by atoms with Gasteiger partial charge in [-0.2, -0.15) is 0 Å². The van der Waals surface area contributed by atoms with Gasteiger partial charge in [-0.3, -0.25) is 13.4 Å². The second-order valence-corrected chi connectivity index (χ2v) is 9.09. The number of hydrogen-bond donors (Lipinski definition) is 4. The summed E-state index contributed by atoms with van der Waals surface area (Å²) in [5.41, 5.74) is 1.27. The van der Waals surface area contributed by atoms with Crippen LogP contribution in [0.25, 0.3) is 0 Å². The maximum absolute atomic E-state index is 14.4. The van der Waals surface area contributed by atoms with Gasteiger partial charge >= 0.3 is 0 Å². The molecule has 6 nitrogen and oxygen atoms in total. The lowest BCUT2D eigenvalue weighted by molar-refractivity contribution is 0.152. The molecule has 2 aliphatic rings. The van der Waals surface area contributed by atoms with Crippen molar-refractivity contribution < 1.29 is 18.6 Å². The number of aliphatic hydroxyl groups excluding tert-OH is 1. The van der Waals surface area contributed by atoms with Gasteiger partial charge in [-0.1, -0.05) is 30.7 Å². The lowest BCUT2D eigenvalue weighted by Crippen LogP contribution is -2.41. The monoisotopic (exact) mass is 407 g/mol. The lowest BCUT2D eigenvalue weighted by atomic mass is 9.93. The summed E-state index contributed by atoms with van der Waals surface area (Å²) < 4.78 is 39.2. The molecule has 152 valence electrons. The number of aliphatic hydroxyl groups is 1. The van der Waals surface area contributed by atoms with Crippen LogP contribution >= 0.6 is 11.0 Å². The molecular weight excluding hydrogens is 381 g/mol. The molecule has 0 unspecified atom stereocenters. The number of hydrogen-bond acceptors (Lipinski definition) is 6. The van der Waals surface area contributed by atoms with E-state index in [2.05, 4.69) is 5.32 Å². The molecule has 1 aliphatic heterocycles. The fraction of sp³-hybridized carbons (Fsp3) is 0.400. The van der Waals surface area contributed by atoms with E-state index in [1.165, 1.54) is 27.2 Å². The Morgan fingerprint density at radius 1 is 1.04 bits per heavy atom. The number of para-hydroxylation sites is 3. The molecule has 1 saturated carbocycles. The van der Waals surface area contributed by atoms with Crippen LogP contribution < -0.4 is 13.9 Å². The Kier molecular flexibility index (Phi) is 5.48. The molecule has 1 heterocycles. The minimum atomic E-state index is -3.49. The number of benzene rings is 2. The molecular formula is C20H26FN3O3S. The van der Waals surface area contributed by atoms with Gasteiger partial charge in [0.25, 0.3) is 0 Å². The Hall–Kier alpha value is -1.84. The molecule has 0 bridgehead atoms. The molecule has 4 rings (SSSR count). The zero-order valence-electron chi connectivity index (χ0n) is 15.5. The zero-order chi connectivity index (χ0) is 19.7. The average molecular weight is 408 g/mol. The summed E-state index contributed by atoms with van der Waals surface area (Å²) >= 11 is 0. The maximum atomic E-state index is 14.4. The van der Waals surface area contributed by atoms with Gasteiger partial charge in [-0.05, 0) is 54.5 Å². The van der Waals surface area contributed by atoms with E-state index in [9.17, 15) is 18.6 Å². The van der Waals surface area contributed by atoms with Crippen LogP contribution in [0.4, 0.5) is 21.5 Å². The van der Waals surface area contributed by atoms with E-state index in [-0.39, 0.29) is 12.2 Å². The Morgan fingerprint density at radius 3 is 2.32 bits per heavy atom. The van der Waals surface area contributed by atoms with Crippen molar-refractivity contribution in [3.8, 4) is 0 Å². The topological polar surface area (TPSA) is 79.2 Å². The molecule has 28 heavy (non-hydrogen) atoms. The van der Waals surface area contributed by atoms with Crippen LogP contribution in [-0.4, -0.2) is 39.4 Å². The third kappa shape index (κ3) is 3.58. The van der Waals surface area contributed by atoms with E-state index in [0.29, 0.717) is 30.4 Å². The second kappa shape index (κ2) is 7.88. The molecule has 1 atom stereocenters. The van der Waals surface area contributed by atoms with Gasteiger partial charge in [0, 0.05) is 19.1 Å². The summed E-state index contributed by atoms with van der Waals surface area (Å²) in [7, 11) is -3.49. The summed E-state index contributed by atoms with van der Waals surface area (Å²) in [5.74, 6) is -0.524. The molecule has 8 heteroatoms. The van der Waals surface area contributed by atoms with Crippen LogP contribution in [-0.2, 0) is 0 Å². The van der Waals surface area contributed by atoms with Crippen molar-refractivity contribution >= 4 is 28.0 Å². The van der Waals surface area contributed by atoms with Crippen LogP contribution in [0.1, 0.15) is 25.7 Å². The minimum absolute atomic E-state index is 0.115. The minimum Gasteiger partial charge on any atom is -0.392 e. The Labute approximate surface area is 166 Å². The number of fused-ring (bicyclic) bond motifs is 1. The Bertz CT molecular complexity index is 834. The molecule has 4 N–H and O–H groups in total. The predicted molar refractivity (Wildman–Crippen MR) is 111 cm³/mol. The van der Waals surface area contributed by atoms with Gasteiger partial charge < -0.3 is 10.4 Å². The number of halogens is 1. The SMILES string of the molecule is O[C@@H](CCN1c2ccccc2N(c2ccccc2F)S1(O)O)CNC1CCC1. The van der Waals surface area contributed by atoms with Crippen molar-refractivity contribution in [3.05, 3.63) is 54.3 Å². The molecule has 2 aromatic rings. The fourth-order valence-electron chi connectivity index (χ4n) is 3.61.